The zero-order chi connectivity index (χ0) is 12.0. The van der Waals surface area contributed by atoms with Crippen molar-refractivity contribution in [3.63, 3.8) is 0 Å². The van der Waals surface area contributed by atoms with Crippen molar-refractivity contribution in [2.24, 2.45) is 5.73 Å². The van der Waals surface area contributed by atoms with Crippen LogP contribution in [0, 0.1) is 0 Å². The van der Waals surface area contributed by atoms with Crippen molar-refractivity contribution in [1.82, 2.24) is 5.32 Å². The lowest BCUT2D eigenvalue weighted by atomic mass is 10.1. The van der Waals surface area contributed by atoms with Gasteiger partial charge in [-0.3, -0.25) is 4.79 Å². The largest absolute Gasteiger partial charge is 0.383 e. The highest BCUT2D eigenvalue weighted by atomic mass is 35.5. The van der Waals surface area contributed by atoms with Gasteiger partial charge in [0.05, 0.1) is 6.61 Å². The van der Waals surface area contributed by atoms with Gasteiger partial charge < -0.3 is 15.8 Å². The van der Waals surface area contributed by atoms with E-state index in [4.69, 9.17) is 22.1 Å². The number of benzene rings is 1. The fourth-order valence-corrected chi connectivity index (χ4v) is 1.49. The van der Waals surface area contributed by atoms with Gasteiger partial charge in [-0.25, -0.2) is 0 Å². The molecule has 0 radical (unpaired) electrons. The molecular weight excluding hydrogens is 228 g/mol. The van der Waals surface area contributed by atoms with Gasteiger partial charge in [-0.15, -0.1) is 0 Å². The monoisotopic (exact) mass is 242 g/mol. The van der Waals surface area contributed by atoms with Crippen molar-refractivity contribution < 1.29 is 9.53 Å². The first-order valence-corrected chi connectivity index (χ1v) is 5.31. The van der Waals surface area contributed by atoms with Crippen molar-refractivity contribution in [3.05, 3.63) is 34.3 Å². The maximum atomic E-state index is 10.9. The third-order valence-electron chi connectivity index (χ3n) is 2.14. The Kier molecular flexibility index (Phi) is 5.25. The minimum absolute atomic E-state index is 0.422. The highest BCUT2D eigenvalue weighted by molar-refractivity contribution is 6.31. The van der Waals surface area contributed by atoms with Crippen molar-refractivity contribution >= 4 is 17.5 Å². The van der Waals surface area contributed by atoms with E-state index in [2.05, 4.69) is 5.32 Å². The zero-order valence-corrected chi connectivity index (χ0v) is 9.88. The van der Waals surface area contributed by atoms with Gasteiger partial charge in [-0.2, -0.15) is 0 Å². The minimum atomic E-state index is -0.471. The SMILES string of the molecule is COCCNCc1ccc(C(N)=O)cc1Cl. The fourth-order valence-electron chi connectivity index (χ4n) is 1.24. The van der Waals surface area contributed by atoms with Crippen LogP contribution in [0.5, 0.6) is 0 Å². The highest BCUT2D eigenvalue weighted by Gasteiger charge is 2.04. The van der Waals surface area contributed by atoms with Crippen LogP contribution >= 0.6 is 11.6 Å². The normalized spacial score (nSPS) is 10.4. The first-order valence-electron chi connectivity index (χ1n) is 4.93. The molecule has 0 saturated carbocycles. The maximum absolute atomic E-state index is 10.9. The van der Waals surface area contributed by atoms with Gasteiger partial charge in [0, 0.05) is 30.8 Å². The predicted molar refractivity (Wildman–Crippen MR) is 63.6 cm³/mol. The number of rotatable bonds is 6. The molecule has 0 aromatic heterocycles. The van der Waals surface area contributed by atoms with Gasteiger partial charge >= 0.3 is 0 Å². The van der Waals surface area contributed by atoms with Gasteiger partial charge in [0.2, 0.25) is 5.91 Å². The number of amides is 1. The van der Waals surface area contributed by atoms with Gasteiger partial charge in [-0.05, 0) is 17.7 Å². The summed E-state index contributed by atoms with van der Waals surface area (Å²) in [6.45, 7) is 2.04. The average molecular weight is 243 g/mol. The number of halogens is 1. The summed E-state index contributed by atoms with van der Waals surface area (Å²) in [4.78, 5) is 10.9. The summed E-state index contributed by atoms with van der Waals surface area (Å²) in [5.74, 6) is -0.471. The van der Waals surface area contributed by atoms with Gasteiger partial charge in [0.15, 0.2) is 0 Å². The summed E-state index contributed by atoms with van der Waals surface area (Å²) in [5.41, 5.74) is 6.50. The zero-order valence-electron chi connectivity index (χ0n) is 9.13. The molecule has 5 heteroatoms. The first-order chi connectivity index (χ1) is 7.65. The van der Waals surface area contributed by atoms with E-state index in [1.54, 1.807) is 25.3 Å². The lowest BCUT2D eigenvalue weighted by Gasteiger charge is -2.07. The maximum Gasteiger partial charge on any atom is 0.248 e. The molecule has 0 fully saturated rings. The molecule has 0 unspecified atom stereocenters. The van der Waals surface area contributed by atoms with Crippen LogP contribution in [0.15, 0.2) is 18.2 Å². The minimum Gasteiger partial charge on any atom is -0.383 e. The Bertz CT molecular complexity index is 369. The van der Waals surface area contributed by atoms with Crippen molar-refractivity contribution in [1.29, 1.82) is 0 Å². The van der Waals surface area contributed by atoms with E-state index in [1.807, 2.05) is 0 Å². The molecule has 1 aromatic rings. The number of hydrogen-bond donors (Lipinski definition) is 2. The molecule has 0 aliphatic carbocycles. The molecule has 0 atom stereocenters. The summed E-state index contributed by atoms with van der Waals surface area (Å²) in [6.07, 6.45) is 0. The first kappa shape index (κ1) is 13.0. The number of methoxy groups -OCH3 is 1. The topological polar surface area (TPSA) is 64.3 Å². The second-order valence-corrected chi connectivity index (χ2v) is 3.75. The van der Waals surface area contributed by atoms with E-state index < -0.39 is 5.91 Å². The summed E-state index contributed by atoms with van der Waals surface area (Å²) < 4.78 is 4.90. The second kappa shape index (κ2) is 6.48. The van der Waals surface area contributed by atoms with E-state index in [0.29, 0.717) is 23.7 Å². The molecule has 16 heavy (non-hydrogen) atoms. The lowest BCUT2D eigenvalue weighted by Crippen LogP contribution is -2.19. The van der Waals surface area contributed by atoms with Gasteiger partial charge in [0.25, 0.3) is 0 Å². The van der Waals surface area contributed by atoms with E-state index in [1.165, 1.54) is 0 Å². The van der Waals surface area contributed by atoms with E-state index in [0.717, 1.165) is 12.1 Å². The Morgan fingerprint density at radius 3 is 2.88 bits per heavy atom. The Morgan fingerprint density at radius 2 is 2.31 bits per heavy atom. The Morgan fingerprint density at radius 1 is 1.56 bits per heavy atom. The number of hydrogen-bond acceptors (Lipinski definition) is 3. The Balaban J connectivity index is 2.57. The molecular formula is C11H15ClN2O2. The van der Waals surface area contributed by atoms with Crippen LogP contribution < -0.4 is 11.1 Å². The third kappa shape index (κ3) is 3.81. The fraction of sp³-hybridized carbons (Fsp3) is 0.364. The molecule has 0 aliphatic rings. The van der Waals surface area contributed by atoms with Crippen molar-refractivity contribution in [3.8, 4) is 0 Å². The van der Waals surface area contributed by atoms with Crippen molar-refractivity contribution in [2.45, 2.75) is 6.54 Å². The standard InChI is InChI=1S/C11H15ClN2O2/c1-16-5-4-14-7-9-3-2-8(11(13)15)6-10(9)12/h2-3,6,14H,4-5,7H2,1H3,(H2,13,15). The molecule has 88 valence electrons. The number of nitrogens with two attached hydrogens (primary N) is 1. The predicted octanol–water partition coefficient (Wildman–Crippen LogP) is 1.17. The smallest absolute Gasteiger partial charge is 0.248 e. The van der Waals surface area contributed by atoms with Crippen LogP contribution in [0.25, 0.3) is 0 Å². The van der Waals surface area contributed by atoms with E-state index in [9.17, 15) is 4.79 Å². The third-order valence-corrected chi connectivity index (χ3v) is 2.49. The van der Waals surface area contributed by atoms with Crippen molar-refractivity contribution in [2.75, 3.05) is 20.3 Å². The molecule has 1 aromatic carbocycles. The number of nitrogens with one attached hydrogen (secondary N) is 1. The highest BCUT2D eigenvalue weighted by Crippen LogP contribution is 2.17. The van der Waals surface area contributed by atoms with Gasteiger partial charge in [-0.1, -0.05) is 17.7 Å². The lowest BCUT2D eigenvalue weighted by molar-refractivity contribution is 0.100. The summed E-state index contributed by atoms with van der Waals surface area (Å²) >= 11 is 6.01. The van der Waals surface area contributed by atoms with Crippen LogP contribution in [-0.4, -0.2) is 26.2 Å². The van der Waals surface area contributed by atoms with E-state index in [-0.39, 0.29) is 0 Å². The molecule has 0 bridgehead atoms. The van der Waals surface area contributed by atoms with Crippen LogP contribution in [0.1, 0.15) is 15.9 Å². The summed E-state index contributed by atoms with van der Waals surface area (Å²) in [5, 5.41) is 3.71. The summed E-state index contributed by atoms with van der Waals surface area (Å²) in [7, 11) is 1.65. The number of ether oxygens (including phenoxy) is 1. The molecule has 0 aliphatic heterocycles. The molecule has 1 amide bonds. The van der Waals surface area contributed by atoms with Crippen LogP contribution in [0.2, 0.25) is 5.02 Å². The molecule has 0 saturated heterocycles. The Labute approximate surface area is 99.7 Å². The molecule has 0 spiro atoms. The molecule has 4 nitrogen and oxygen atoms in total. The second-order valence-electron chi connectivity index (χ2n) is 3.34. The van der Waals surface area contributed by atoms with Crippen LogP contribution in [0.3, 0.4) is 0 Å². The molecule has 0 heterocycles. The van der Waals surface area contributed by atoms with E-state index >= 15 is 0 Å². The van der Waals surface area contributed by atoms with Crippen LogP contribution in [0.4, 0.5) is 0 Å². The quantitative estimate of drug-likeness (QED) is 0.737. The van der Waals surface area contributed by atoms with Crippen LogP contribution in [-0.2, 0) is 11.3 Å². The molecule has 1 rings (SSSR count). The molecule has 3 N–H and O–H groups in total. The number of primary amides is 1. The summed E-state index contributed by atoms with van der Waals surface area (Å²) in [6, 6.07) is 5.04. The number of carbonyl (C=O) groups excluding carboxylic acids is 1. The number of carbonyl (C=O) groups is 1. The van der Waals surface area contributed by atoms with Gasteiger partial charge in [0.1, 0.15) is 0 Å². The average Bonchev–Trinajstić information content (AvgIpc) is 2.26. The Hall–Kier alpha value is -1.10.